The lowest BCUT2D eigenvalue weighted by Crippen LogP contribution is -2.11. The first-order valence-corrected chi connectivity index (χ1v) is 6.34. The Morgan fingerprint density at radius 2 is 2.11 bits per heavy atom. The van der Waals surface area contributed by atoms with Gasteiger partial charge in [0.05, 0.1) is 11.7 Å². The van der Waals surface area contributed by atoms with E-state index < -0.39 is 0 Å². The first kappa shape index (κ1) is 13.3. The second kappa shape index (κ2) is 5.26. The molecule has 0 bridgehead atoms. The van der Waals surface area contributed by atoms with Crippen LogP contribution >= 0.6 is 0 Å². The van der Waals surface area contributed by atoms with E-state index in [4.69, 9.17) is 10.3 Å². The zero-order valence-corrected chi connectivity index (χ0v) is 11.7. The number of nitrogens with one attached hydrogen (secondary N) is 1. The van der Waals surface area contributed by atoms with Gasteiger partial charge in [0.25, 0.3) is 0 Å². The monoisotopic (exact) mass is 261 g/mol. The van der Waals surface area contributed by atoms with Crippen molar-refractivity contribution in [2.24, 2.45) is 0 Å². The second-order valence-corrected chi connectivity index (χ2v) is 4.55. The van der Waals surface area contributed by atoms with Gasteiger partial charge in [-0.15, -0.1) is 0 Å². The Morgan fingerprint density at radius 3 is 2.68 bits per heavy atom. The Morgan fingerprint density at radius 1 is 1.37 bits per heavy atom. The first-order valence-electron chi connectivity index (χ1n) is 6.34. The number of hydrogen-bond donors (Lipinski definition) is 2. The van der Waals surface area contributed by atoms with Crippen LogP contribution in [0.15, 0.2) is 10.6 Å². The van der Waals surface area contributed by atoms with E-state index >= 15 is 0 Å². The van der Waals surface area contributed by atoms with Crippen LogP contribution in [0.4, 0.5) is 11.6 Å². The molecule has 102 valence electrons. The van der Waals surface area contributed by atoms with Crippen molar-refractivity contribution < 1.29 is 4.52 Å². The Kier molecular flexibility index (Phi) is 3.69. The van der Waals surface area contributed by atoms with Crippen LogP contribution in [-0.4, -0.2) is 15.1 Å². The zero-order valence-electron chi connectivity index (χ0n) is 11.7. The van der Waals surface area contributed by atoms with Crippen molar-refractivity contribution in [1.82, 2.24) is 15.1 Å². The highest BCUT2D eigenvalue weighted by Gasteiger charge is 2.17. The van der Waals surface area contributed by atoms with E-state index in [0.717, 1.165) is 35.1 Å². The molecule has 2 rings (SSSR count). The van der Waals surface area contributed by atoms with Crippen molar-refractivity contribution in [3.05, 3.63) is 28.9 Å². The number of aromatic nitrogens is 3. The maximum absolute atomic E-state index is 5.77. The van der Waals surface area contributed by atoms with E-state index in [9.17, 15) is 0 Å². The maximum atomic E-state index is 5.77. The number of nitrogens with zero attached hydrogens (tertiary/aromatic N) is 3. The van der Waals surface area contributed by atoms with Gasteiger partial charge in [0.15, 0.2) is 0 Å². The fourth-order valence-corrected chi connectivity index (χ4v) is 2.15. The fraction of sp³-hybridized carbons (Fsp3) is 0.462. The average Bonchev–Trinajstić information content (AvgIpc) is 2.68. The topological polar surface area (TPSA) is 89.9 Å². The number of rotatable bonds is 4. The van der Waals surface area contributed by atoms with Crippen LogP contribution in [0.5, 0.6) is 0 Å². The lowest BCUT2D eigenvalue weighted by atomic mass is 10.1. The van der Waals surface area contributed by atoms with Crippen LogP contribution in [0.1, 0.15) is 42.7 Å². The number of aryl methyl sites for hydroxylation is 3. The molecular weight excluding hydrogens is 242 g/mol. The SMILES string of the molecule is CCc1nc(N)cc(NC(C)c2c(C)noc2C)n1. The molecule has 6 nitrogen and oxygen atoms in total. The van der Waals surface area contributed by atoms with Crippen molar-refractivity contribution in [2.75, 3.05) is 11.1 Å². The van der Waals surface area contributed by atoms with Crippen LogP contribution < -0.4 is 11.1 Å². The van der Waals surface area contributed by atoms with E-state index in [0.29, 0.717) is 5.82 Å². The number of nitrogens with two attached hydrogens (primary N) is 1. The molecule has 3 N–H and O–H groups in total. The summed E-state index contributed by atoms with van der Waals surface area (Å²) >= 11 is 0. The molecule has 1 unspecified atom stereocenters. The fourth-order valence-electron chi connectivity index (χ4n) is 2.15. The predicted molar refractivity (Wildman–Crippen MR) is 73.8 cm³/mol. The summed E-state index contributed by atoms with van der Waals surface area (Å²) in [4.78, 5) is 8.56. The van der Waals surface area contributed by atoms with E-state index in [1.54, 1.807) is 6.07 Å². The zero-order chi connectivity index (χ0) is 14.0. The molecule has 0 amide bonds. The molecule has 19 heavy (non-hydrogen) atoms. The summed E-state index contributed by atoms with van der Waals surface area (Å²) in [5.74, 6) is 2.74. The summed E-state index contributed by atoms with van der Waals surface area (Å²) in [6.45, 7) is 7.86. The maximum Gasteiger partial charge on any atom is 0.139 e. The minimum absolute atomic E-state index is 0.0465. The van der Waals surface area contributed by atoms with Gasteiger partial charge >= 0.3 is 0 Å². The summed E-state index contributed by atoms with van der Waals surface area (Å²) in [5.41, 5.74) is 7.70. The number of anilines is 2. The quantitative estimate of drug-likeness (QED) is 0.878. The molecule has 1 atom stereocenters. The van der Waals surface area contributed by atoms with Crippen LogP contribution in [0.3, 0.4) is 0 Å². The van der Waals surface area contributed by atoms with E-state index in [-0.39, 0.29) is 6.04 Å². The number of nitrogen functional groups attached to an aromatic ring is 1. The summed E-state index contributed by atoms with van der Waals surface area (Å²) in [6, 6.07) is 1.78. The largest absolute Gasteiger partial charge is 0.384 e. The highest BCUT2D eigenvalue weighted by atomic mass is 16.5. The Labute approximate surface area is 112 Å². The molecule has 2 aromatic heterocycles. The van der Waals surface area contributed by atoms with Gasteiger partial charge in [0.2, 0.25) is 0 Å². The normalized spacial score (nSPS) is 12.4. The van der Waals surface area contributed by atoms with Crippen LogP contribution in [0, 0.1) is 13.8 Å². The predicted octanol–water partition coefficient (Wildman–Crippen LogP) is 2.40. The molecule has 0 aliphatic carbocycles. The summed E-state index contributed by atoms with van der Waals surface area (Å²) in [5, 5.41) is 7.27. The third-order valence-corrected chi connectivity index (χ3v) is 2.99. The smallest absolute Gasteiger partial charge is 0.139 e. The van der Waals surface area contributed by atoms with Crippen molar-refractivity contribution in [2.45, 2.75) is 40.2 Å². The minimum Gasteiger partial charge on any atom is -0.384 e. The second-order valence-electron chi connectivity index (χ2n) is 4.55. The third-order valence-electron chi connectivity index (χ3n) is 2.99. The van der Waals surface area contributed by atoms with Gasteiger partial charge in [-0.3, -0.25) is 0 Å². The Bertz CT molecular complexity index is 559. The summed E-state index contributed by atoms with van der Waals surface area (Å²) in [7, 11) is 0. The molecule has 0 radical (unpaired) electrons. The lowest BCUT2D eigenvalue weighted by Gasteiger charge is -2.15. The van der Waals surface area contributed by atoms with Crippen LogP contribution in [-0.2, 0) is 6.42 Å². The highest BCUT2D eigenvalue weighted by molar-refractivity contribution is 5.46. The van der Waals surface area contributed by atoms with Gasteiger partial charge in [-0.2, -0.15) is 0 Å². The van der Waals surface area contributed by atoms with Gasteiger partial charge < -0.3 is 15.6 Å². The molecular formula is C13H19N5O. The van der Waals surface area contributed by atoms with Crippen LogP contribution in [0.25, 0.3) is 0 Å². The number of hydrogen-bond acceptors (Lipinski definition) is 6. The van der Waals surface area contributed by atoms with Gasteiger partial charge in [0.1, 0.15) is 23.2 Å². The molecule has 0 aliphatic heterocycles. The van der Waals surface area contributed by atoms with Gasteiger partial charge in [-0.1, -0.05) is 12.1 Å². The van der Waals surface area contributed by atoms with Crippen molar-refractivity contribution in [3.63, 3.8) is 0 Å². The molecule has 6 heteroatoms. The molecule has 2 aromatic rings. The first-order chi connectivity index (χ1) is 9.01. The summed E-state index contributed by atoms with van der Waals surface area (Å²) in [6.07, 6.45) is 0.749. The minimum atomic E-state index is 0.0465. The molecule has 0 spiro atoms. The molecule has 0 saturated heterocycles. The van der Waals surface area contributed by atoms with Crippen LogP contribution in [0.2, 0.25) is 0 Å². The lowest BCUT2D eigenvalue weighted by molar-refractivity contribution is 0.392. The van der Waals surface area contributed by atoms with E-state index in [1.807, 2.05) is 27.7 Å². The molecule has 0 aliphatic rings. The van der Waals surface area contributed by atoms with Crippen molar-refractivity contribution in [3.8, 4) is 0 Å². The highest BCUT2D eigenvalue weighted by Crippen LogP contribution is 2.24. The molecule has 0 fully saturated rings. The summed E-state index contributed by atoms with van der Waals surface area (Å²) < 4.78 is 5.18. The third kappa shape index (κ3) is 2.83. The molecule has 2 heterocycles. The van der Waals surface area contributed by atoms with E-state index in [1.165, 1.54) is 0 Å². The standard InChI is InChI=1S/C13H19N5O/c1-5-11-16-10(14)6-12(17-11)15-7(2)13-8(3)18-19-9(13)4/h6-7H,5H2,1-4H3,(H3,14,15,16,17). The average molecular weight is 261 g/mol. The van der Waals surface area contributed by atoms with Crippen molar-refractivity contribution >= 4 is 11.6 Å². The Balaban J connectivity index is 2.24. The van der Waals surface area contributed by atoms with Gasteiger partial charge in [-0.05, 0) is 20.8 Å². The van der Waals surface area contributed by atoms with E-state index in [2.05, 4.69) is 20.4 Å². The molecule has 0 aromatic carbocycles. The van der Waals surface area contributed by atoms with Crippen molar-refractivity contribution in [1.29, 1.82) is 0 Å². The Hall–Kier alpha value is -2.11. The van der Waals surface area contributed by atoms with Gasteiger partial charge in [0, 0.05) is 18.1 Å². The molecule has 0 saturated carbocycles. The van der Waals surface area contributed by atoms with Gasteiger partial charge in [-0.25, -0.2) is 9.97 Å².